The molecule has 0 atom stereocenters. The SMILES string of the molecule is Cc1ccc(C(=O)Nc2ccc(Nc3cc(N4CCOCC4)cnn3)cc2)cc1. The Hall–Kier alpha value is -3.45. The maximum atomic E-state index is 12.3. The van der Waals surface area contributed by atoms with E-state index in [1.807, 2.05) is 61.5 Å². The van der Waals surface area contributed by atoms with E-state index >= 15 is 0 Å². The van der Waals surface area contributed by atoms with E-state index in [1.165, 1.54) is 0 Å². The van der Waals surface area contributed by atoms with Gasteiger partial charge in [-0.15, -0.1) is 5.10 Å². The van der Waals surface area contributed by atoms with Gasteiger partial charge in [0.05, 0.1) is 25.1 Å². The van der Waals surface area contributed by atoms with Crippen LogP contribution in [0.3, 0.4) is 0 Å². The number of anilines is 4. The summed E-state index contributed by atoms with van der Waals surface area (Å²) in [7, 11) is 0. The third-order valence-corrected chi connectivity index (χ3v) is 4.75. The Kier molecular flexibility index (Phi) is 5.67. The van der Waals surface area contributed by atoms with E-state index in [0.717, 1.165) is 48.9 Å². The van der Waals surface area contributed by atoms with Crippen molar-refractivity contribution in [1.82, 2.24) is 10.2 Å². The van der Waals surface area contributed by atoms with Gasteiger partial charge in [-0.25, -0.2) is 0 Å². The van der Waals surface area contributed by atoms with Crippen molar-refractivity contribution in [2.24, 2.45) is 0 Å². The predicted octanol–water partition coefficient (Wildman–Crippen LogP) is 3.62. The second kappa shape index (κ2) is 8.70. The first kappa shape index (κ1) is 18.9. The summed E-state index contributed by atoms with van der Waals surface area (Å²) < 4.78 is 5.40. The summed E-state index contributed by atoms with van der Waals surface area (Å²) in [5, 5.41) is 14.4. The highest BCUT2D eigenvalue weighted by Gasteiger charge is 2.12. The lowest BCUT2D eigenvalue weighted by Crippen LogP contribution is -2.36. The van der Waals surface area contributed by atoms with Crippen LogP contribution in [0.5, 0.6) is 0 Å². The highest BCUT2D eigenvalue weighted by Crippen LogP contribution is 2.22. The molecule has 1 aliphatic heterocycles. The third-order valence-electron chi connectivity index (χ3n) is 4.75. The summed E-state index contributed by atoms with van der Waals surface area (Å²) in [5.74, 6) is 0.542. The van der Waals surface area contributed by atoms with E-state index in [-0.39, 0.29) is 5.91 Å². The molecule has 2 heterocycles. The number of ether oxygens (including phenoxy) is 1. The summed E-state index contributed by atoms with van der Waals surface area (Å²) >= 11 is 0. The van der Waals surface area contributed by atoms with Crippen LogP contribution in [0.15, 0.2) is 60.8 Å². The second-order valence-corrected chi connectivity index (χ2v) is 6.92. The topological polar surface area (TPSA) is 79.4 Å². The van der Waals surface area contributed by atoms with Crippen LogP contribution in [0.1, 0.15) is 15.9 Å². The Morgan fingerprint density at radius 3 is 2.41 bits per heavy atom. The molecule has 0 aliphatic carbocycles. The van der Waals surface area contributed by atoms with Crippen LogP contribution >= 0.6 is 0 Å². The minimum absolute atomic E-state index is 0.130. The number of hydrogen-bond donors (Lipinski definition) is 2. The van der Waals surface area contributed by atoms with Gasteiger partial charge in [0, 0.05) is 36.1 Å². The zero-order valence-corrected chi connectivity index (χ0v) is 16.3. The molecule has 2 aromatic carbocycles. The van der Waals surface area contributed by atoms with Gasteiger partial charge in [-0.05, 0) is 43.3 Å². The Morgan fingerprint density at radius 1 is 1.00 bits per heavy atom. The number of nitrogens with zero attached hydrogens (tertiary/aromatic N) is 3. The molecule has 1 aliphatic rings. The molecule has 1 aromatic heterocycles. The summed E-state index contributed by atoms with van der Waals surface area (Å²) in [6.45, 7) is 5.14. The fraction of sp³-hybridized carbons (Fsp3) is 0.227. The number of morpholine rings is 1. The molecule has 0 radical (unpaired) electrons. The Morgan fingerprint density at radius 2 is 1.69 bits per heavy atom. The van der Waals surface area contributed by atoms with Crippen molar-refractivity contribution in [3.63, 3.8) is 0 Å². The monoisotopic (exact) mass is 389 g/mol. The predicted molar refractivity (Wildman–Crippen MR) is 114 cm³/mol. The maximum Gasteiger partial charge on any atom is 0.255 e. The Balaban J connectivity index is 1.39. The standard InChI is InChI=1S/C22H23N5O2/c1-16-2-4-17(5-3-16)22(28)25-19-8-6-18(7-9-19)24-21-14-20(15-23-26-21)27-10-12-29-13-11-27/h2-9,14-15H,10-13H2,1H3,(H,24,26)(H,25,28). The van der Waals surface area contributed by atoms with Crippen molar-refractivity contribution in [3.05, 3.63) is 71.9 Å². The lowest BCUT2D eigenvalue weighted by Gasteiger charge is -2.28. The van der Waals surface area contributed by atoms with Gasteiger partial charge < -0.3 is 20.3 Å². The molecule has 0 unspecified atom stereocenters. The average molecular weight is 389 g/mol. The van der Waals surface area contributed by atoms with E-state index < -0.39 is 0 Å². The first-order valence-corrected chi connectivity index (χ1v) is 9.58. The highest BCUT2D eigenvalue weighted by molar-refractivity contribution is 6.04. The fourth-order valence-electron chi connectivity index (χ4n) is 3.10. The molecular formula is C22H23N5O2. The van der Waals surface area contributed by atoms with E-state index in [9.17, 15) is 4.79 Å². The van der Waals surface area contributed by atoms with Crippen molar-refractivity contribution in [1.29, 1.82) is 0 Å². The summed E-state index contributed by atoms with van der Waals surface area (Å²) in [4.78, 5) is 14.6. The number of amides is 1. The minimum Gasteiger partial charge on any atom is -0.378 e. The summed E-state index contributed by atoms with van der Waals surface area (Å²) in [6, 6.07) is 17.0. The van der Waals surface area contributed by atoms with Crippen LogP contribution in [0, 0.1) is 6.92 Å². The number of aromatic nitrogens is 2. The summed E-state index contributed by atoms with van der Waals surface area (Å²) in [5.41, 5.74) is 4.37. The number of hydrogen-bond acceptors (Lipinski definition) is 6. The van der Waals surface area contributed by atoms with Gasteiger partial charge in [0.15, 0.2) is 5.82 Å². The molecule has 1 saturated heterocycles. The van der Waals surface area contributed by atoms with Gasteiger partial charge in [0.1, 0.15) is 0 Å². The first-order chi connectivity index (χ1) is 14.2. The van der Waals surface area contributed by atoms with Crippen molar-refractivity contribution in [2.75, 3.05) is 41.8 Å². The van der Waals surface area contributed by atoms with Gasteiger partial charge in [0.25, 0.3) is 5.91 Å². The fourth-order valence-corrected chi connectivity index (χ4v) is 3.10. The van der Waals surface area contributed by atoms with Gasteiger partial charge in [-0.3, -0.25) is 4.79 Å². The molecule has 7 heteroatoms. The van der Waals surface area contributed by atoms with Gasteiger partial charge in [-0.1, -0.05) is 17.7 Å². The van der Waals surface area contributed by atoms with Gasteiger partial charge >= 0.3 is 0 Å². The average Bonchev–Trinajstić information content (AvgIpc) is 2.76. The minimum atomic E-state index is -0.130. The molecule has 2 N–H and O–H groups in total. The largest absolute Gasteiger partial charge is 0.378 e. The van der Waals surface area contributed by atoms with Crippen LogP contribution in [-0.2, 0) is 4.74 Å². The van der Waals surface area contributed by atoms with E-state index in [0.29, 0.717) is 11.4 Å². The molecule has 1 fully saturated rings. The lowest BCUT2D eigenvalue weighted by atomic mass is 10.1. The van der Waals surface area contributed by atoms with E-state index in [1.54, 1.807) is 6.20 Å². The molecule has 7 nitrogen and oxygen atoms in total. The van der Waals surface area contributed by atoms with E-state index in [2.05, 4.69) is 25.7 Å². The molecule has 1 amide bonds. The molecular weight excluding hydrogens is 366 g/mol. The zero-order chi connectivity index (χ0) is 20.1. The molecule has 3 aromatic rings. The van der Waals surface area contributed by atoms with Crippen LogP contribution in [0.25, 0.3) is 0 Å². The quantitative estimate of drug-likeness (QED) is 0.694. The van der Waals surface area contributed by atoms with Crippen LogP contribution in [0.4, 0.5) is 22.9 Å². The molecule has 29 heavy (non-hydrogen) atoms. The van der Waals surface area contributed by atoms with Crippen molar-refractivity contribution in [3.8, 4) is 0 Å². The number of nitrogens with one attached hydrogen (secondary N) is 2. The number of carbonyl (C=O) groups excluding carboxylic acids is 1. The number of carbonyl (C=O) groups is 1. The zero-order valence-electron chi connectivity index (χ0n) is 16.3. The van der Waals surface area contributed by atoms with Gasteiger partial charge in [-0.2, -0.15) is 5.10 Å². The number of benzene rings is 2. The number of rotatable bonds is 5. The maximum absolute atomic E-state index is 12.3. The van der Waals surface area contributed by atoms with Crippen LogP contribution in [0.2, 0.25) is 0 Å². The number of aryl methyl sites for hydroxylation is 1. The lowest BCUT2D eigenvalue weighted by molar-refractivity contribution is 0.102. The molecule has 0 spiro atoms. The molecule has 148 valence electrons. The van der Waals surface area contributed by atoms with Crippen LogP contribution < -0.4 is 15.5 Å². The van der Waals surface area contributed by atoms with E-state index in [4.69, 9.17) is 4.74 Å². The van der Waals surface area contributed by atoms with Crippen molar-refractivity contribution < 1.29 is 9.53 Å². The van der Waals surface area contributed by atoms with Crippen molar-refractivity contribution in [2.45, 2.75) is 6.92 Å². The molecule has 0 saturated carbocycles. The third kappa shape index (κ3) is 4.89. The first-order valence-electron chi connectivity index (χ1n) is 9.58. The Bertz CT molecular complexity index is 967. The Labute approximate surface area is 169 Å². The van der Waals surface area contributed by atoms with Crippen LogP contribution in [-0.4, -0.2) is 42.4 Å². The summed E-state index contributed by atoms with van der Waals surface area (Å²) in [6.07, 6.45) is 1.76. The molecule has 0 bridgehead atoms. The van der Waals surface area contributed by atoms with Crippen molar-refractivity contribution >= 4 is 28.8 Å². The smallest absolute Gasteiger partial charge is 0.255 e. The highest BCUT2D eigenvalue weighted by atomic mass is 16.5. The normalized spacial score (nSPS) is 13.8. The molecule has 4 rings (SSSR count). The second-order valence-electron chi connectivity index (χ2n) is 6.92. The van der Waals surface area contributed by atoms with Gasteiger partial charge in [0.2, 0.25) is 0 Å².